The maximum Gasteiger partial charge on any atom is 0.177 e. The number of furan rings is 1. The molecule has 0 aliphatic carbocycles. The van der Waals surface area contributed by atoms with E-state index in [9.17, 15) is 0 Å². The molecular formula is C9H4NO. The van der Waals surface area contributed by atoms with Gasteiger partial charge in [-0.3, -0.25) is 0 Å². The van der Waals surface area contributed by atoms with Gasteiger partial charge in [-0.25, -0.2) is 0 Å². The summed E-state index contributed by atoms with van der Waals surface area (Å²) in [6.45, 7) is 0. The Hall–Kier alpha value is -1.75. The smallest absolute Gasteiger partial charge is 0.177 e. The predicted molar refractivity (Wildman–Crippen MR) is 39.8 cm³/mol. The largest absolute Gasteiger partial charge is 0.460 e. The van der Waals surface area contributed by atoms with Gasteiger partial charge >= 0.3 is 0 Å². The summed E-state index contributed by atoms with van der Waals surface area (Å²) in [5.74, 6) is 0. The Balaban J connectivity index is 2.79. The molecule has 2 rings (SSSR count). The van der Waals surface area contributed by atoms with Crippen molar-refractivity contribution < 1.29 is 4.42 Å². The molecule has 0 fully saturated rings. The molecule has 2 aromatic rings. The fraction of sp³-hybridized carbons (Fsp3) is 0. The second-order valence-electron chi connectivity index (χ2n) is 2.25. The summed E-state index contributed by atoms with van der Waals surface area (Å²) in [5.41, 5.74) is 0.646. The first-order valence-electron chi connectivity index (χ1n) is 3.19. The third kappa shape index (κ3) is 0.870. The summed E-state index contributed by atoms with van der Waals surface area (Å²) in [7, 11) is 0. The van der Waals surface area contributed by atoms with Crippen LogP contribution in [0.2, 0.25) is 0 Å². The second-order valence-corrected chi connectivity index (χ2v) is 2.25. The van der Waals surface area contributed by atoms with Gasteiger partial charge in [0.2, 0.25) is 0 Å². The first kappa shape index (κ1) is 5.99. The number of hydrogen-bond acceptors (Lipinski definition) is 2. The number of nitrogens with zero attached hydrogens (tertiary/aromatic N) is 1. The van der Waals surface area contributed by atoms with Crippen molar-refractivity contribution in [1.82, 2.24) is 0 Å². The van der Waals surface area contributed by atoms with Crippen molar-refractivity contribution in [2.24, 2.45) is 0 Å². The average Bonchev–Trinajstić information content (AvgIpc) is 2.50. The van der Waals surface area contributed by atoms with Crippen molar-refractivity contribution >= 4 is 10.8 Å². The molecule has 0 saturated carbocycles. The van der Waals surface area contributed by atoms with Gasteiger partial charge in [-0.2, -0.15) is 5.26 Å². The van der Waals surface area contributed by atoms with E-state index in [1.165, 1.54) is 0 Å². The average molecular weight is 142 g/mol. The molecule has 0 spiro atoms. The fourth-order valence-electron chi connectivity index (χ4n) is 0.979. The highest BCUT2D eigenvalue weighted by molar-refractivity contribution is 5.81. The standard InChI is InChI=1S/C9H4NO/c10-4-7-1-2-8-5-11-6-9(8)3-7/h1-3,6H. The molecule has 0 saturated heterocycles. The van der Waals surface area contributed by atoms with Gasteiger partial charge < -0.3 is 4.42 Å². The van der Waals surface area contributed by atoms with E-state index < -0.39 is 0 Å². The zero-order chi connectivity index (χ0) is 7.68. The van der Waals surface area contributed by atoms with Crippen molar-refractivity contribution in [3.63, 3.8) is 0 Å². The Bertz CT molecular complexity index is 422. The lowest BCUT2D eigenvalue weighted by Crippen LogP contribution is -1.70. The molecule has 2 nitrogen and oxygen atoms in total. The minimum absolute atomic E-state index is 0.646. The molecule has 0 N–H and O–H groups in total. The highest BCUT2D eigenvalue weighted by Gasteiger charge is 1.96. The Morgan fingerprint density at radius 3 is 3.18 bits per heavy atom. The molecule has 1 aromatic carbocycles. The van der Waals surface area contributed by atoms with Crippen LogP contribution in [0.3, 0.4) is 0 Å². The van der Waals surface area contributed by atoms with Crippen LogP contribution in [0.5, 0.6) is 0 Å². The van der Waals surface area contributed by atoms with Crippen LogP contribution < -0.4 is 0 Å². The summed E-state index contributed by atoms with van der Waals surface area (Å²) in [5, 5.41) is 10.4. The lowest BCUT2D eigenvalue weighted by atomic mass is 10.1. The summed E-state index contributed by atoms with van der Waals surface area (Å²) in [6.07, 6.45) is 4.27. The number of nitriles is 1. The lowest BCUT2D eigenvalue weighted by molar-refractivity contribution is 0.563. The Morgan fingerprint density at radius 1 is 1.45 bits per heavy atom. The Kier molecular flexibility index (Phi) is 1.16. The van der Waals surface area contributed by atoms with Crippen LogP contribution in [-0.2, 0) is 0 Å². The third-order valence-corrected chi connectivity index (χ3v) is 1.54. The van der Waals surface area contributed by atoms with Gasteiger partial charge in [0.25, 0.3) is 0 Å². The van der Waals surface area contributed by atoms with Gasteiger partial charge in [0.15, 0.2) is 6.26 Å². The van der Waals surface area contributed by atoms with Crippen LogP contribution >= 0.6 is 0 Å². The number of benzene rings is 1. The number of hydrogen-bond donors (Lipinski definition) is 0. The molecule has 11 heavy (non-hydrogen) atoms. The molecular weight excluding hydrogens is 138 g/mol. The molecule has 0 unspecified atom stereocenters. The van der Waals surface area contributed by atoms with E-state index in [0.717, 1.165) is 10.8 Å². The summed E-state index contributed by atoms with van der Waals surface area (Å²) < 4.78 is 4.83. The van der Waals surface area contributed by atoms with E-state index in [0.29, 0.717) is 5.56 Å². The van der Waals surface area contributed by atoms with Gasteiger partial charge in [-0.15, -0.1) is 0 Å². The highest BCUT2D eigenvalue weighted by Crippen LogP contribution is 2.15. The zero-order valence-corrected chi connectivity index (χ0v) is 5.66. The van der Waals surface area contributed by atoms with Crippen LogP contribution in [0.15, 0.2) is 28.9 Å². The van der Waals surface area contributed by atoms with Gasteiger partial charge in [-0.1, -0.05) is 0 Å². The van der Waals surface area contributed by atoms with Gasteiger partial charge in [0.1, 0.15) is 0 Å². The van der Waals surface area contributed by atoms with Crippen molar-refractivity contribution in [3.05, 3.63) is 36.3 Å². The first-order chi connectivity index (χ1) is 5.40. The maximum atomic E-state index is 8.54. The monoisotopic (exact) mass is 142 g/mol. The Morgan fingerprint density at radius 2 is 2.36 bits per heavy atom. The van der Waals surface area contributed by atoms with Crippen molar-refractivity contribution in [1.29, 1.82) is 5.26 Å². The molecule has 2 heteroatoms. The molecule has 0 atom stereocenters. The molecule has 1 heterocycles. The van der Waals surface area contributed by atoms with E-state index in [1.807, 2.05) is 6.07 Å². The second kappa shape index (κ2) is 2.14. The first-order valence-corrected chi connectivity index (χ1v) is 3.19. The lowest BCUT2D eigenvalue weighted by Gasteiger charge is -1.86. The number of fused-ring (bicyclic) bond motifs is 1. The minimum Gasteiger partial charge on any atom is -0.460 e. The molecule has 0 aliphatic heterocycles. The SMILES string of the molecule is N#Cc1ccc2[c]occ2c1. The third-order valence-electron chi connectivity index (χ3n) is 1.54. The Labute approximate surface area is 63.7 Å². The van der Waals surface area contributed by atoms with Crippen LogP contribution in [-0.4, -0.2) is 0 Å². The van der Waals surface area contributed by atoms with Crippen LogP contribution in [0.25, 0.3) is 10.8 Å². The molecule has 0 bridgehead atoms. The van der Waals surface area contributed by atoms with Crippen molar-refractivity contribution in [2.75, 3.05) is 0 Å². The maximum absolute atomic E-state index is 8.54. The summed E-state index contributed by atoms with van der Waals surface area (Å²) >= 11 is 0. The van der Waals surface area contributed by atoms with E-state index in [4.69, 9.17) is 9.68 Å². The highest BCUT2D eigenvalue weighted by atomic mass is 16.3. The van der Waals surface area contributed by atoms with Gasteiger partial charge in [-0.05, 0) is 18.2 Å². The topological polar surface area (TPSA) is 36.9 Å². The molecule has 1 aromatic heterocycles. The van der Waals surface area contributed by atoms with Crippen molar-refractivity contribution in [2.45, 2.75) is 0 Å². The van der Waals surface area contributed by atoms with Crippen LogP contribution in [0.1, 0.15) is 5.56 Å². The zero-order valence-electron chi connectivity index (χ0n) is 5.66. The van der Waals surface area contributed by atoms with Gasteiger partial charge in [0.05, 0.1) is 17.9 Å². The molecule has 51 valence electrons. The molecule has 0 aliphatic rings. The van der Waals surface area contributed by atoms with Crippen LogP contribution in [0, 0.1) is 17.6 Å². The fourth-order valence-corrected chi connectivity index (χ4v) is 0.979. The van der Waals surface area contributed by atoms with Crippen LogP contribution in [0.4, 0.5) is 0 Å². The molecule has 1 radical (unpaired) electrons. The van der Waals surface area contributed by atoms with E-state index in [1.54, 1.807) is 18.4 Å². The van der Waals surface area contributed by atoms with Crippen molar-refractivity contribution in [3.8, 4) is 6.07 Å². The quantitative estimate of drug-likeness (QED) is 0.564. The predicted octanol–water partition coefficient (Wildman–Crippen LogP) is 2.10. The summed E-state index contributed by atoms with van der Waals surface area (Å²) in [4.78, 5) is 0. The van der Waals surface area contributed by atoms with E-state index >= 15 is 0 Å². The molecule has 0 amide bonds. The number of rotatable bonds is 0. The minimum atomic E-state index is 0.646. The summed E-state index contributed by atoms with van der Waals surface area (Å²) in [6, 6.07) is 7.39. The van der Waals surface area contributed by atoms with E-state index in [-0.39, 0.29) is 0 Å². The van der Waals surface area contributed by atoms with Gasteiger partial charge in [0, 0.05) is 10.8 Å². The normalized spacial score (nSPS) is 9.73. The van der Waals surface area contributed by atoms with E-state index in [2.05, 4.69) is 12.3 Å².